The number of hydrogen-bond donors (Lipinski definition) is 1. The normalized spacial score (nSPS) is 12.6. The third kappa shape index (κ3) is 2.96. The average Bonchev–Trinajstić information content (AvgIpc) is 2.77. The van der Waals surface area contributed by atoms with Gasteiger partial charge in [-0.25, -0.2) is 4.98 Å². The third-order valence-electron chi connectivity index (χ3n) is 3.29. The number of imidazole rings is 1. The maximum absolute atomic E-state index is 11.7. The van der Waals surface area contributed by atoms with Crippen molar-refractivity contribution < 1.29 is 4.79 Å². The Labute approximate surface area is 124 Å². The smallest absolute Gasteiger partial charge is 0.221 e. The van der Waals surface area contributed by atoms with Crippen molar-refractivity contribution in [3.8, 4) is 0 Å². The molecule has 0 aliphatic heterocycles. The second-order valence-corrected chi connectivity index (χ2v) is 5.54. The molecule has 2 rings (SSSR count). The molecule has 1 amide bonds. The zero-order valence-electron chi connectivity index (χ0n) is 12.1. The molecular formula is C15H20ClN3O. The summed E-state index contributed by atoms with van der Waals surface area (Å²) in [6, 6.07) is 6.02. The fourth-order valence-electron chi connectivity index (χ4n) is 2.41. The molecule has 4 nitrogen and oxygen atoms in total. The molecule has 1 aromatic carbocycles. The minimum Gasteiger partial charge on any atom is -0.356 e. The molecule has 20 heavy (non-hydrogen) atoms. The Hall–Kier alpha value is -1.55. The Kier molecular flexibility index (Phi) is 4.65. The van der Waals surface area contributed by atoms with Crippen LogP contribution in [0.2, 0.25) is 0 Å². The summed E-state index contributed by atoms with van der Waals surface area (Å²) in [5, 5.41) is 2.63. The topological polar surface area (TPSA) is 46.9 Å². The lowest BCUT2D eigenvalue weighted by molar-refractivity contribution is -0.121. The molecule has 1 heterocycles. The van der Waals surface area contributed by atoms with E-state index in [-0.39, 0.29) is 11.3 Å². The van der Waals surface area contributed by atoms with Crippen LogP contribution in [0.3, 0.4) is 0 Å². The molecule has 1 N–H and O–H groups in total. The van der Waals surface area contributed by atoms with Crippen LogP contribution in [-0.2, 0) is 11.3 Å². The molecular weight excluding hydrogens is 274 g/mol. The number of fused-ring (bicyclic) bond motifs is 1. The van der Waals surface area contributed by atoms with Crippen LogP contribution in [0.5, 0.6) is 0 Å². The minimum atomic E-state index is -0.184. The lowest BCUT2D eigenvalue weighted by Gasteiger charge is -2.11. The van der Waals surface area contributed by atoms with Crippen molar-refractivity contribution in [2.45, 2.75) is 39.1 Å². The lowest BCUT2D eigenvalue weighted by Crippen LogP contribution is -2.24. The second-order valence-electron chi connectivity index (χ2n) is 4.88. The van der Waals surface area contributed by atoms with Crippen molar-refractivity contribution in [3.63, 3.8) is 0 Å². The van der Waals surface area contributed by atoms with Gasteiger partial charge in [-0.05, 0) is 32.4 Å². The van der Waals surface area contributed by atoms with Gasteiger partial charge in [0.15, 0.2) is 0 Å². The van der Waals surface area contributed by atoms with E-state index in [0.717, 1.165) is 22.4 Å². The maximum atomic E-state index is 11.7. The molecule has 1 aromatic heterocycles. The number of aromatic nitrogens is 2. The number of alkyl halides is 1. The predicted molar refractivity (Wildman–Crippen MR) is 82.0 cm³/mol. The number of halogens is 1. The number of rotatable bonds is 5. The SMILES string of the molecule is CCNC(=O)CCn1c(C(C)Cl)nc2cccc(C)c21. The molecule has 108 valence electrons. The van der Waals surface area contributed by atoms with Gasteiger partial charge in [-0.3, -0.25) is 4.79 Å². The van der Waals surface area contributed by atoms with Crippen molar-refractivity contribution >= 4 is 28.5 Å². The Morgan fingerprint density at radius 1 is 1.50 bits per heavy atom. The van der Waals surface area contributed by atoms with Gasteiger partial charge in [0.25, 0.3) is 0 Å². The van der Waals surface area contributed by atoms with E-state index in [0.29, 0.717) is 19.5 Å². The average molecular weight is 294 g/mol. The molecule has 0 radical (unpaired) electrons. The minimum absolute atomic E-state index is 0.0520. The van der Waals surface area contributed by atoms with Gasteiger partial charge in [0.1, 0.15) is 5.82 Å². The molecule has 0 saturated heterocycles. The number of amides is 1. The van der Waals surface area contributed by atoms with Gasteiger partial charge >= 0.3 is 0 Å². The van der Waals surface area contributed by atoms with Crippen LogP contribution >= 0.6 is 11.6 Å². The number of hydrogen-bond acceptors (Lipinski definition) is 2. The fourth-order valence-corrected chi connectivity index (χ4v) is 2.58. The van der Waals surface area contributed by atoms with Crippen LogP contribution in [0.15, 0.2) is 18.2 Å². The van der Waals surface area contributed by atoms with Crippen LogP contribution < -0.4 is 5.32 Å². The largest absolute Gasteiger partial charge is 0.356 e. The highest BCUT2D eigenvalue weighted by Crippen LogP contribution is 2.26. The summed E-state index contributed by atoms with van der Waals surface area (Å²) in [6.07, 6.45) is 0.435. The molecule has 0 fully saturated rings. The molecule has 5 heteroatoms. The van der Waals surface area contributed by atoms with Gasteiger partial charge in [0, 0.05) is 19.5 Å². The summed E-state index contributed by atoms with van der Waals surface area (Å²) in [5.74, 6) is 0.872. The third-order valence-corrected chi connectivity index (χ3v) is 3.49. The van der Waals surface area contributed by atoms with E-state index in [1.54, 1.807) is 0 Å². The summed E-state index contributed by atoms with van der Waals surface area (Å²) in [5.41, 5.74) is 3.15. The van der Waals surface area contributed by atoms with Crippen molar-refractivity contribution in [1.82, 2.24) is 14.9 Å². The van der Waals surface area contributed by atoms with Crippen molar-refractivity contribution in [3.05, 3.63) is 29.6 Å². The number of carbonyl (C=O) groups is 1. The van der Waals surface area contributed by atoms with E-state index in [9.17, 15) is 4.79 Å². The molecule has 0 spiro atoms. The van der Waals surface area contributed by atoms with E-state index >= 15 is 0 Å². The van der Waals surface area contributed by atoms with Crippen molar-refractivity contribution in [1.29, 1.82) is 0 Å². The number of nitrogens with one attached hydrogen (secondary N) is 1. The first kappa shape index (κ1) is 14.9. The highest BCUT2D eigenvalue weighted by Gasteiger charge is 2.16. The van der Waals surface area contributed by atoms with E-state index in [1.165, 1.54) is 0 Å². The van der Waals surface area contributed by atoms with Crippen LogP contribution in [0.25, 0.3) is 11.0 Å². The summed E-state index contributed by atoms with van der Waals surface area (Å²) in [4.78, 5) is 16.3. The standard InChI is InChI=1S/C15H20ClN3O/c1-4-17-13(20)8-9-19-14-10(2)6-5-7-12(14)18-15(19)11(3)16/h5-7,11H,4,8-9H2,1-3H3,(H,17,20). The van der Waals surface area contributed by atoms with E-state index in [2.05, 4.69) is 27.9 Å². The summed E-state index contributed by atoms with van der Waals surface area (Å²) in [7, 11) is 0. The quantitative estimate of drug-likeness (QED) is 0.861. The van der Waals surface area contributed by atoms with Crippen LogP contribution in [0, 0.1) is 6.92 Å². The summed E-state index contributed by atoms with van der Waals surface area (Å²) in [6.45, 7) is 7.12. The van der Waals surface area contributed by atoms with E-state index < -0.39 is 0 Å². The first-order chi connectivity index (χ1) is 9.54. The molecule has 1 atom stereocenters. The Balaban J connectivity index is 2.38. The molecule has 2 aromatic rings. The Morgan fingerprint density at radius 2 is 2.25 bits per heavy atom. The van der Waals surface area contributed by atoms with Gasteiger partial charge in [-0.2, -0.15) is 0 Å². The Bertz CT molecular complexity index is 619. The van der Waals surface area contributed by atoms with E-state index in [4.69, 9.17) is 11.6 Å². The van der Waals surface area contributed by atoms with Gasteiger partial charge < -0.3 is 9.88 Å². The predicted octanol–water partition coefficient (Wildman–Crippen LogP) is 3.17. The van der Waals surface area contributed by atoms with E-state index in [1.807, 2.05) is 26.0 Å². The molecule has 0 saturated carbocycles. The number of benzene rings is 1. The van der Waals surface area contributed by atoms with Crippen LogP contribution in [0.4, 0.5) is 0 Å². The van der Waals surface area contributed by atoms with Crippen molar-refractivity contribution in [2.24, 2.45) is 0 Å². The van der Waals surface area contributed by atoms with Crippen molar-refractivity contribution in [2.75, 3.05) is 6.54 Å². The molecule has 0 aliphatic rings. The first-order valence-corrected chi connectivity index (χ1v) is 7.34. The van der Waals surface area contributed by atoms with Crippen LogP contribution in [-0.4, -0.2) is 22.0 Å². The number of carbonyl (C=O) groups excluding carboxylic acids is 1. The van der Waals surface area contributed by atoms with Gasteiger partial charge in [-0.1, -0.05) is 12.1 Å². The molecule has 1 unspecified atom stereocenters. The zero-order chi connectivity index (χ0) is 14.7. The molecule has 0 aliphatic carbocycles. The molecule has 0 bridgehead atoms. The van der Waals surface area contributed by atoms with Crippen LogP contribution in [0.1, 0.15) is 37.0 Å². The fraction of sp³-hybridized carbons (Fsp3) is 0.467. The van der Waals surface area contributed by atoms with Gasteiger partial charge in [0.2, 0.25) is 5.91 Å². The first-order valence-electron chi connectivity index (χ1n) is 6.91. The lowest BCUT2D eigenvalue weighted by atomic mass is 10.2. The Morgan fingerprint density at radius 3 is 2.90 bits per heavy atom. The second kappa shape index (κ2) is 6.27. The highest BCUT2D eigenvalue weighted by molar-refractivity contribution is 6.20. The zero-order valence-corrected chi connectivity index (χ0v) is 12.9. The highest BCUT2D eigenvalue weighted by atomic mass is 35.5. The number of para-hydroxylation sites is 1. The summed E-state index contributed by atoms with van der Waals surface area (Å²) < 4.78 is 2.07. The monoisotopic (exact) mass is 293 g/mol. The number of aryl methyl sites for hydroxylation is 2. The van der Waals surface area contributed by atoms with Gasteiger partial charge in [-0.15, -0.1) is 11.6 Å². The summed E-state index contributed by atoms with van der Waals surface area (Å²) >= 11 is 6.22. The van der Waals surface area contributed by atoms with Gasteiger partial charge in [0.05, 0.1) is 16.4 Å². The number of nitrogens with zero attached hydrogens (tertiary/aromatic N) is 2. The maximum Gasteiger partial charge on any atom is 0.221 e.